The monoisotopic (exact) mass is 482 g/mol. The number of aromatic nitrogens is 1. The SMILES string of the molecule is CSCCC(NC(=O)c1ccc(CNC(C)=O)cc1)C(=O)Nc1nc(-c2ccccc2)cs1. The largest absolute Gasteiger partial charge is 0.352 e. The molecule has 0 saturated carbocycles. The lowest BCUT2D eigenvalue weighted by molar-refractivity contribution is -0.119. The Labute approximate surface area is 201 Å². The molecule has 1 atom stereocenters. The lowest BCUT2D eigenvalue weighted by atomic mass is 10.1. The highest BCUT2D eigenvalue weighted by atomic mass is 32.2. The summed E-state index contributed by atoms with van der Waals surface area (Å²) in [7, 11) is 0. The van der Waals surface area contributed by atoms with Gasteiger partial charge in [-0.05, 0) is 36.1 Å². The number of nitrogens with one attached hydrogen (secondary N) is 3. The fraction of sp³-hybridized carbons (Fsp3) is 0.250. The van der Waals surface area contributed by atoms with E-state index in [-0.39, 0.29) is 17.7 Å². The molecule has 3 rings (SSSR count). The number of nitrogens with zero attached hydrogens (tertiary/aromatic N) is 1. The molecule has 0 aliphatic rings. The molecule has 172 valence electrons. The van der Waals surface area contributed by atoms with Gasteiger partial charge in [0.05, 0.1) is 5.69 Å². The van der Waals surface area contributed by atoms with Crippen molar-refractivity contribution in [2.75, 3.05) is 17.3 Å². The number of amides is 3. The maximum absolute atomic E-state index is 12.9. The van der Waals surface area contributed by atoms with Crippen molar-refractivity contribution < 1.29 is 14.4 Å². The van der Waals surface area contributed by atoms with E-state index >= 15 is 0 Å². The van der Waals surface area contributed by atoms with Crippen LogP contribution in [0.3, 0.4) is 0 Å². The molecule has 0 bridgehead atoms. The van der Waals surface area contributed by atoms with Crippen LogP contribution in [-0.4, -0.2) is 40.8 Å². The van der Waals surface area contributed by atoms with Gasteiger partial charge in [-0.1, -0.05) is 42.5 Å². The first-order valence-electron chi connectivity index (χ1n) is 10.4. The van der Waals surface area contributed by atoms with Crippen LogP contribution in [0.4, 0.5) is 5.13 Å². The zero-order valence-corrected chi connectivity index (χ0v) is 20.1. The summed E-state index contributed by atoms with van der Waals surface area (Å²) in [5.74, 6) is -0.0168. The third-order valence-corrected chi connectivity index (χ3v) is 6.20. The minimum Gasteiger partial charge on any atom is -0.352 e. The molecule has 7 nitrogen and oxygen atoms in total. The Bertz CT molecular complexity index is 1080. The number of anilines is 1. The van der Waals surface area contributed by atoms with Crippen LogP contribution in [0.1, 0.15) is 29.3 Å². The molecule has 0 radical (unpaired) electrons. The first-order chi connectivity index (χ1) is 16.0. The predicted octanol–water partition coefficient (Wildman–Crippen LogP) is 3.94. The quantitative estimate of drug-likeness (QED) is 0.406. The van der Waals surface area contributed by atoms with Gasteiger partial charge >= 0.3 is 0 Å². The molecular formula is C24H26N4O3S2. The van der Waals surface area contributed by atoms with E-state index in [0.717, 1.165) is 22.6 Å². The summed E-state index contributed by atoms with van der Waals surface area (Å²) in [5.41, 5.74) is 3.10. The van der Waals surface area contributed by atoms with Crippen molar-refractivity contribution >= 4 is 46.0 Å². The van der Waals surface area contributed by atoms with Gasteiger partial charge in [0, 0.05) is 30.0 Å². The number of carbonyl (C=O) groups excluding carboxylic acids is 3. The van der Waals surface area contributed by atoms with E-state index in [1.165, 1.54) is 18.3 Å². The van der Waals surface area contributed by atoms with Crippen LogP contribution < -0.4 is 16.0 Å². The van der Waals surface area contributed by atoms with Gasteiger partial charge in [0.25, 0.3) is 5.91 Å². The fourth-order valence-electron chi connectivity index (χ4n) is 3.01. The van der Waals surface area contributed by atoms with Crippen LogP contribution in [0.15, 0.2) is 60.0 Å². The zero-order valence-electron chi connectivity index (χ0n) is 18.5. The topological polar surface area (TPSA) is 100 Å². The van der Waals surface area contributed by atoms with Crippen molar-refractivity contribution in [3.63, 3.8) is 0 Å². The minimum absolute atomic E-state index is 0.115. The van der Waals surface area contributed by atoms with Crippen molar-refractivity contribution in [1.82, 2.24) is 15.6 Å². The summed E-state index contributed by atoms with van der Waals surface area (Å²) in [4.78, 5) is 41.2. The number of carbonyl (C=O) groups is 3. The van der Waals surface area contributed by atoms with Gasteiger partial charge in [-0.15, -0.1) is 11.3 Å². The van der Waals surface area contributed by atoms with E-state index in [0.29, 0.717) is 23.7 Å². The van der Waals surface area contributed by atoms with Gasteiger partial charge in [0.15, 0.2) is 5.13 Å². The molecule has 0 fully saturated rings. The second kappa shape index (κ2) is 12.2. The Kier molecular flexibility index (Phi) is 9.03. The predicted molar refractivity (Wildman–Crippen MR) is 134 cm³/mol. The first kappa shape index (κ1) is 24.5. The highest BCUT2D eigenvalue weighted by molar-refractivity contribution is 7.98. The normalized spacial score (nSPS) is 11.5. The van der Waals surface area contributed by atoms with Crippen LogP contribution in [0.5, 0.6) is 0 Å². The van der Waals surface area contributed by atoms with E-state index in [1.807, 2.05) is 42.0 Å². The van der Waals surface area contributed by atoms with Gasteiger partial charge in [-0.2, -0.15) is 11.8 Å². The molecule has 0 saturated heterocycles. The van der Waals surface area contributed by atoms with Crippen LogP contribution in [-0.2, 0) is 16.1 Å². The summed E-state index contributed by atoms with van der Waals surface area (Å²) in [6.07, 6.45) is 2.45. The van der Waals surface area contributed by atoms with E-state index in [9.17, 15) is 14.4 Å². The molecular weight excluding hydrogens is 456 g/mol. The first-order valence-corrected chi connectivity index (χ1v) is 12.7. The Morgan fingerprint density at radius 1 is 1.06 bits per heavy atom. The molecule has 3 amide bonds. The lowest BCUT2D eigenvalue weighted by Crippen LogP contribution is -2.44. The fourth-order valence-corrected chi connectivity index (χ4v) is 4.21. The number of thioether (sulfide) groups is 1. The van der Waals surface area contributed by atoms with Gasteiger partial charge in [-0.25, -0.2) is 4.98 Å². The van der Waals surface area contributed by atoms with Gasteiger partial charge < -0.3 is 16.0 Å². The van der Waals surface area contributed by atoms with Crippen LogP contribution in [0.2, 0.25) is 0 Å². The Balaban J connectivity index is 1.64. The number of benzene rings is 2. The zero-order chi connectivity index (χ0) is 23.6. The Hall–Kier alpha value is -3.17. The standard InChI is InChI=1S/C24H26N4O3S2/c1-16(29)25-14-17-8-10-19(11-9-17)22(30)26-20(12-13-32-2)23(31)28-24-27-21(15-33-24)18-6-4-3-5-7-18/h3-11,15,20H,12-14H2,1-2H3,(H,25,29)(H,26,30)(H,27,28,31). The average molecular weight is 483 g/mol. The maximum Gasteiger partial charge on any atom is 0.251 e. The number of rotatable bonds is 10. The Morgan fingerprint density at radius 2 is 1.79 bits per heavy atom. The minimum atomic E-state index is -0.687. The van der Waals surface area contributed by atoms with Crippen LogP contribution in [0.25, 0.3) is 11.3 Å². The molecule has 1 unspecified atom stereocenters. The molecule has 0 aliphatic heterocycles. The second-order valence-electron chi connectivity index (χ2n) is 7.31. The van der Waals surface area contributed by atoms with Crippen molar-refractivity contribution in [2.24, 2.45) is 0 Å². The van der Waals surface area contributed by atoms with Crippen molar-refractivity contribution in [2.45, 2.75) is 25.9 Å². The summed E-state index contributed by atoms with van der Waals surface area (Å²) in [5, 5.41) is 10.8. The van der Waals surface area contributed by atoms with Crippen molar-refractivity contribution in [3.05, 3.63) is 71.1 Å². The van der Waals surface area contributed by atoms with Crippen LogP contribution in [0, 0.1) is 0 Å². The molecule has 2 aromatic carbocycles. The van der Waals surface area contributed by atoms with E-state index < -0.39 is 6.04 Å². The molecule has 9 heteroatoms. The highest BCUT2D eigenvalue weighted by Crippen LogP contribution is 2.24. The summed E-state index contributed by atoms with van der Waals surface area (Å²) in [6, 6.07) is 16.0. The number of thiazole rings is 1. The highest BCUT2D eigenvalue weighted by Gasteiger charge is 2.22. The van der Waals surface area contributed by atoms with Crippen molar-refractivity contribution in [3.8, 4) is 11.3 Å². The lowest BCUT2D eigenvalue weighted by Gasteiger charge is -2.17. The summed E-state index contributed by atoms with van der Waals surface area (Å²) >= 11 is 2.96. The molecule has 3 N–H and O–H groups in total. The van der Waals surface area contributed by atoms with E-state index in [4.69, 9.17) is 0 Å². The molecule has 33 heavy (non-hydrogen) atoms. The third-order valence-electron chi connectivity index (χ3n) is 4.79. The second-order valence-corrected chi connectivity index (χ2v) is 9.15. The summed E-state index contributed by atoms with van der Waals surface area (Å²) < 4.78 is 0. The average Bonchev–Trinajstić information content (AvgIpc) is 3.29. The van der Waals surface area contributed by atoms with Crippen LogP contribution >= 0.6 is 23.1 Å². The molecule has 1 aromatic heterocycles. The van der Waals surface area contributed by atoms with Gasteiger partial charge in [0.1, 0.15) is 6.04 Å². The smallest absolute Gasteiger partial charge is 0.251 e. The molecule has 0 spiro atoms. The number of hydrogen-bond acceptors (Lipinski definition) is 6. The van der Waals surface area contributed by atoms with Gasteiger partial charge in [-0.3, -0.25) is 14.4 Å². The Morgan fingerprint density at radius 3 is 2.45 bits per heavy atom. The molecule has 0 aliphatic carbocycles. The number of hydrogen-bond donors (Lipinski definition) is 3. The maximum atomic E-state index is 12.9. The molecule has 3 aromatic rings. The van der Waals surface area contributed by atoms with E-state index in [2.05, 4.69) is 20.9 Å². The van der Waals surface area contributed by atoms with Gasteiger partial charge in [0.2, 0.25) is 11.8 Å². The molecule has 1 heterocycles. The summed E-state index contributed by atoms with van der Waals surface area (Å²) in [6.45, 7) is 1.85. The van der Waals surface area contributed by atoms with Crippen molar-refractivity contribution in [1.29, 1.82) is 0 Å². The third kappa shape index (κ3) is 7.44. The van der Waals surface area contributed by atoms with E-state index in [1.54, 1.807) is 36.0 Å².